The first-order valence-corrected chi connectivity index (χ1v) is 14.3. The van der Waals surface area contributed by atoms with E-state index in [2.05, 4.69) is 20.6 Å². The highest BCUT2D eigenvalue weighted by Gasteiger charge is 2.31. The molecule has 3 heterocycles. The molecule has 230 valence electrons. The molecule has 0 saturated carbocycles. The number of aromatic nitrogens is 3. The van der Waals surface area contributed by atoms with Gasteiger partial charge in [-0.1, -0.05) is 39.8 Å². The molecule has 10 heteroatoms. The number of hydrogen-bond acceptors (Lipinski definition) is 5. The lowest BCUT2D eigenvalue weighted by atomic mass is 9.99. The van der Waals surface area contributed by atoms with E-state index in [1.54, 1.807) is 49.8 Å². The summed E-state index contributed by atoms with van der Waals surface area (Å²) < 4.78 is 40.8. The first-order chi connectivity index (χ1) is 21.0. The van der Waals surface area contributed by atoms with Crippen molar-refractivity contribution in [2.45, 2.75) is 47.7 Å². The molecule has 0 fully saturated rings. The van der Waals surface area contributed by atoms with Crippen LogP contribution >= 0.6 is 0 Å². The lowest BCUT2D eigenvalue weighted by molar-refractivity contribution is -0.137. The van der Waals surface area contributed by atoms with Gasteiger partial charge in [0.25, 0.3) is 11.5 Å². The van der Waals surface area contributed by atoms with Crippen LogP contribution in [0, 0.1) is 13.8 Å². The van der Waals surface area contributed by atoms with Gasteiger partial charge in [0.1, 0.15) is 5.82 Å². The van der Waals surface area contributed by atoms with Gasteiger partial charge in [0.2, 0.25) is 0 Å². The van der Waals surface area contributed by atoms with E-state index in [0.717, 1.165) is 34.5 Å². The molecule has 0 unspecified atom stereocenters. The lowest BCUT2D eigenvalue weighted by Crippen LogP contribution is -2.19. The number of halogens is 3. The molecule has 0 aliphatic heterocycles. The smallest absolute Gasteiger partial charge is 0.339 e. The summed E-state index contributed by atoms with van der Waals surface area (Å²) in [5.74, 6) is -0.142. The van der Waals surface area contributed by atoms with E-state index in [-0.39, 0.29) is 11.1 Å². The highest BCUT2D eigenvalue weighted by Crippen LogP contribution is 2.31. The van der Waals surface area contributed by atoms with Crippen molar-refractivity contribution in [3.8, 4) is 11.1 Å². The van der Waals surface area contributed by atoms with E-state index in [0.29, 0.717) is 28.1 Å². The van der Waals surface area contributed by atoms with Crippen LogP contribution in [0.1, 0.15) is 54.9 Å². The Morgan fingerprint density at radius 3 is 2.18 bits per heavy atom. The normalized spacial score (nSPS) is 10.7. The van der Waals surface area contributed by atoms with Gasteiger partial charge in [0, 0.05) is 47.2 Å². The summed E-state index contributed by atoms with van der Waals surface area (Å²) in [6.07, 6.45) is -1.20. The quantitative estimate of drug-likeness (QED) is 0.210. The fraction of sp³-hybridized carbons (Fsp3) is 0.235. The van der Waals surface area contributed by atoms with Gasteiger partial charge in [-0.15, -0.1) is 0 Å². The molecule has 0 spiro atoms. The number of carbonyl (C=O) groups excluding carboxylic acids is 1. The summed E-state index contributed by atoms with van der Waals surface area (Å²) >= 11 is 0. The standard InChI is InChI=1S/C30H24F3N5O2.2C2H6/c1-17-7-9-22(37-28(39)19-5-4-6-21(11-19)30(31,32)33)13-24(17)25-12-20-15-35-27(14-26(20)38(3)29(25)40)36-23-10-8-18(2)34-16-23;2*1-2/h4-16H,1-3H3,(H,35,36)(H,37,39);2*1-2H3. The predicted molar refractivity (Wildman–Crippen MR) is 172 cm³/mol. The van der Waals surface area contributed by atoms with E-state index in [1.165, 1.54) is 16.7 Å². The van der Waals surface area contributed by atoms with Crippen LogP contribution in [0.15, 0.2) is 83.9 Å². The van der Waals surface area contributed by atoms with Crippen LogP contribution in [0.5, 0.6) is 0 Å². The van der Waals surface area contributed by atoms with Crippen molar-refractivity contribution >= 4 is 34.0 Å². The average molecular weight is 604 g/mol. The van der Waals surface area contributed by atoms with Crippen molar-refractivity contribution in [3.05, 3.63) is 112 Å². The number of anilines is 3. The van der Waals surface area contributed by atoms with Crippen LogP contribution in [0.2, 0.25) is 0 Å². The fourth-order valence-corrected chi connectivity index (χ4v) is 4.35. The zero-order valence-electron chi connectivity index (χ0n) is 25.8. The molecular formula is C34H36F3N5O2. The molecule has 0 radical (unpaired) electrons. The molecule has 2 aromatic carbocycles. The second-order valence-corrected chi connectivity index (χ2v) is 9.43. The van der Waals surface area contributed by atoms with Crippen molar-refractivity contribution in [1.82, 2.24) is 14.5 Å². The molecule has 3 aromatic heterocycles. The molecule has 7 nitrogen and oxygen atoms in total. The number of amides is 1. The highest BCUT2D eigenvalue weighted by molar-refractivity contribution is 6.04. The molecule has 5 aromatic rings. The number of pyridine rings is 3. The van der Waals surface area contributed by atoms with E-state index >= 15 is 0 Å². The van der Waals surface area contributed by atoms with E-state index < -0.39 is 17.6 Å². The van der Waals surface area contributed by atoms with Crippen molar-refractivity contribution in [1.29, 1.82) is 0 Å². The van der Waals surface area contributed by atoms with Gasteiger partial charge in [0.15, 0.2) is 0 Å². The summed E-state index contributed by atoms with van der Waals surface area (Å²) in [6.45, 7) is 11.7. The van der Waals surface area contributed by atoms with Crippen molar-refractivity contribution in [2.75, 3.05) is 10.6 Å². The Morgan fingerprint density at radius 2 is 1.52 bits per heavy atom. The maximum absolute atomic E-state index is 13.4. The van der Waals surface area contributed by atoms with E-state index in [1.807, 2.05) is 53.7 Å². The molecule has 1 amide bonds. The third kappa shape index (κ3) is 7.69. The lowest BCUT2D eigenvalue weighted by Gasteiger charge is -2.14. The first-order valence-electron chi connectivity index (χ1n) is 14.3. The molecule has 44 heavy (non-hydrogen) atoms. The molecule has 5 rings (SSSR count). The van der Waals surface area contributed by atoms with E-state index in [4.69, 9.17) is 0 Å². The van der Waals surface area contributed by atoms with Gasteiger partial charge >= 0.3 is 6.18 Å². The number of carbonyl (C=O) groups is 1. The van der Waals surface area contributed by atoms with Crippen molar-refractivity contribution in [2.24, 2.45) is 7.05 Å². The predicted octanol–water partition coefficient (Wildman–Crippen LogP) is 8.68. The Balaban J connectivity index is 0.00000127. The number of rotatable bonds is 5. The number of fused-ring (bicyclic) bond motifs is 1. The molecule has 0 aliphatic carbocycles. The zero-order chi connectivity index (χ0) is 32.6. The highest BCUT2D eigenvalue weighted by atomic mass is 19.4. The van der Waals surface area contributed by atoms with Crippen LogP contribution in [-0.2, 0) is 13.2 Å². The number of aryl methyl sites for hydroxylation is 3. The van der Waals surface area contributed by atoms with Crippen LogP contribution in [0.4, 0.5) is 30.4 Å². The van der Waals surface area contributed by atoms with Crippen LogP contribution in [0.3, 0.4) is 0 Å². The number of hydrogen-bond donors (Lipinski definition) is 2. The molecule has 0 bridgehead atoms. The van der Waals surface area contributed by atoms with Crippen LogP contribution in [-0.4, -0.2) is 20.4 Å². The third-order valence-corrected chi connectivity index (χ3v) is 6.53. The third-order valence-electron chi connectivity index (χ3n) is 6.53. The summed E-state index contributed by atoms with van der Waals surface area (Å²) in [7, 11) is 1.67. The van der Waals surface area contributed by atoms with Crippen LogP contribution < -0.4 is 16.2 Å². The summed E-state index contributed by atoms with van der Waals surface area (Å²) in [5, 5.41) is 6.55. The van der Waals surface area contributed by atoms with Crippen molar-refractivity contribution < 1.29 is 18.0 Å². The minimum absolute atomic E-state index is 0.129. The molecular weight excluding hydrogens is 567 g/mol. The largest absolute Gasteiger partial charge is 0.416 e. The fourth-order valence-electron chi connectivity index (χ4n) is 4.35. The van der Waals surface area contributed by atoms with Gasteiger partial charge < -0.3 is 15.2 Å². The van der Waals surface area contributed by atoms with Crippen LogP contribution in [0.25, 0.3) is 22.0 Å². The van der Waals surface area contributed by atoms with Crippen molar-refractivity contribution in [3.63, 3.8) is 0 Å². The molecule has 2 N–H and O–H groups in total. The minimum Gasteiger partial charge on any atom is -0.339 e. The Labute approximate surface area is 254 Å². The van der Waals surface area contributed by atoms with Gasteiger partial charge in [0.05, 0.1) is 23.0 Å². The van der Waals surface area contributed by atoms with Gasteiger partial charge in [-0.3, -0.25) is 14.6 Å². The molecule has 0 atom stereocenters. The Kier molecular flexibility index (Phi) is 11.0. The topological polar surface area (TPSA) is 88.9 Å². The average Bonchev–Trinajstić information content (AvgIpc) is 3.03. The monoisotopic (exact) mass is 603 g/mol. The second-order valence-electron chi connectivity index (χ2n) is 9.43. The second kappa shape index (κ2) is 14.5. The molecule has 0 saturated heterocycles. The number of alkyl halides is 3. The molecule has 0 aliphatic rings. The van der Waals surface area contributed by atoms with Gasteiger partial charge in [-0.25, -0.2) is 4.98 Å². The van der Waals surface area contributed by atoms with Gasteiger partial charge in [-0.2, -0.15) is 13.2 Å². The van der Waals surface area contributed by atoms with E-state index in [9.17, 15) is 22.8 Å². The first kappa shape index (κ1) is 33.5. The summed E-state index contributed by atoms with van der Waals surface area (Å²) in [4.78, 5) is 34.9. The number of nitrogens with one attached hydrogen (secondary N) is 2. The SMILES string of the molecule is CC.CC.Cc1ccc(Nc2cc3c(cn2)cc(-c2cc(NC(=O)c4cccc(C(F)(F)F)c4)ccc2C)c(=O)n3C)cn1. The summed E-state index contributed by atoms with van der Waals surface area (Å²) in [5.41, 5.74) is 3.12. The Bertz CT molecular complexity index is 1810. The maximum atomic E-state index is 13.4. The Hall–Kier alpha value is -4.99. The minimum atomic E-state index is -4.56. The summed E-state index contributed by atoms with van der Waals surface area (Å²) in [6, 6.07) is 16.5. The maximum Gasteiger partial charge on any atom is 0.416 e. The van der Waals surface area contributed by atoms with Gasteiger partial charge in [-0.05, 0) is 73.5 Å². The zero-order valence-corrected chi connectivity index (χ0v) is 25.8. The number of nitrogens with zero attached hydrogens (tertiary/aromatic N) is 3. The number of benzene rings is 2. The Morgan fingerprint density at radius 1 is 0.818 bits per heavy atom.